The number of carbonyl (C=O) groups is 1. The first kappa shape index (κ1) is 15.9. The van der Waals surface area contributed by atoms with Gasteiger partial charge in [-0.2, -0.15) is 13.2 Å². The number of fused-ring (bicyclic) bond motifs is 1. The molecular weight excluding hydrogens is 400 g/mol. The molecular formula is C14H10F3IO3. The van der Waals surface area contributed by atoms with Crippen LogP contribution in [-0.4, -0.2) is 23.4 Å². The van der Waals surface area contributed by atoms with Gasteiger partial charge < -0.3 is 9.84 Å². The fourth-order valence-electron chi connectivity index (χ4n) is 1.96. The van der Waals surface area contributed by atoms with Gasteiger partial charge in [-0.15, -0.1) is 0 Å². The van der Waals surface area contributed by atoms with Crippen LogP contribution in [0.4, 0.5) is 13.2 Å². The minimum Gasteiger partial charge on any atom is -0.478 e. The first-order valence-electron chi connectivity index (χ1n) is 5.79. The first-order valence-corrected chi connectivity index (χ1v) is 6.87. The van der Waals surface area contributed by atoms with Crippen molar-refractivity contribution in [2.24, 2.45) is 0 Å². The lowest BCUT2D eigenvalue weighted by Gasteiger charge is -2.27. The van der Waals surface area contributed by atoms with E-state index in [0.29, 0.717) is 16.7 Å². The monoisotopic (exact) mass is 410 g/mol. The zero-order valence-electron chi connectivity index (χ0n) is 10.8. The molecule has 1 aromatic rings. The number of ether oxygens (including phenoxy) is 1. The molecule has 1 atom stereocenters. The molecule has 3 nitrogen and oxygen atoms in total. The van der Waals surface area contributed by atoms with Crippen molar-refractivity contribution in [2.75, 3.05) is 0 Å². The van der Waals surface area contributed by atoms with Crippen LogP contribution in [0.1, 0.15) is 18.1 Å². The first-order chi connectivity index (χ1) is 9.61. The number of carboxylic acid groups (broad SMARTS) is 1. The fraction of sp³-hybridized carbons (Fsp3) is 0.214. The van der Waals surface area contributed by atoms with Gasteiger partial charge in [-0.25, -0.2) is 4.79 Å². The van der Waals surface area contributed by atoms with E-state index in [1.165, 1.54) is 6.07 Å². The van der Waals surface area contributed by atoms with Crippen molar-refractivity contribution in [2.45, 2.75) is 19.2 Å². The maximum Gasteiger partial charge on any atom is 0.430 e. The molecule has 0 bridgehead atoms. The second kappa shape index (κ2) is 5.36. The lowest BCUT2D eigenvalue weighted by Crippen LogP contribution is -2.40. The van der Waals surface area contributed by atoms with Crippen molar-refractivity contribution in [3.05, 3.63) is 39.0 Å². The number of allylic oxidation sites excluding steroid dienone is 1. The maximum atomic E-state index is 12.9. The molecule has 0 saturated heterocycles. The maximum absolute atomic E-state index is 12.9. The topological polar surface area (TPSA) is 46.5 Å². The number of alkyl halides is 3. The number of benzene rings is 1. The van der Waals surface area contributed by atoms with Crippen LogP contribution in [-0.2, 0) is 4.79 Å². The smallest absolute Gasteiger partial charge is 0.430 e. The highest BCUT2D eigenvalue weighted by Gasteiger charge is 2.48. The Morgan fingerprint density at radius 2 is 2.05 bits per heavy atom. The summed E-state index contributed by atoms with van der Waals surface area (Å²) in [4.78, 5) is 11.0. The van der Waals surface area contributed by atoms with Crippen LogP contribution in [0.15, 0.2) is 24.3 Å². The third-order valence-corrected chi connectivity index (χ3v) is 3.83. The average molecular weight is 410 g/mol. The second-order valence-electron chi connectivity index (χ2n) is 4.59. The van der Waals surface area contributed by atoms with Crippen LogP contribution in [0.3, 0.4) is 0 Å². The van der Waals surface area contributed by atoms with Crippen LogP contribution in [0, 0.1) is 3.57 Å². The summed E-state index contributed by atoms with van der Waals surface area (Å²) in [7, 11) is 0. The van der Waals surface area contributed by atoms with E-state index >= 15 is 0 Å². The zero-order valence-corrected chi connectivity index (χ0v) is 12.9. The van der Waals surface area contributed by atoms with Gasteiger partial charge in [0.1, 0.15) is 5.75 Å². The molecule has 1 aliphatic rings. The van der Waals surface area contributed by atoms with Crippen LogP contribution in [0.25, 0.3) is 11.6 Å². The molecule has 0 spiro atoms. The van der Waals surface area contributed by atoms with Crippen molar-refractivity contribution in [1.29, 1.82) is 0 Å². The molecule has 1 heterocycles. The van der Waals surface area contributed by atoms with Gasteiger partial charge >= 0.3 is 12.1 Å². The molecule has 1 N–H and O–H groups in total. The molecule has 0 aromatic heterocycles. The second-order valence-corrected chi connectivity index (χ2v) is 5.76. The Hall–Kier alpha value is -1.51. The molecule has 0 aliphatic carbocycles. The molecule has 0 unspecified atom stereocenters. The van der Waals surface area contributed by atoms with E-state index in [2.05, 4.69) is 6.58 Å². The van der Waals surface area contributed by atoms with Crippen LogP contribution in [0.2, 0.25) is 0 Å². The van der Waals surface area contributed by atoms with Crippen LogP contribution in [0.5, 0.6) is 5.75 Å². The van der Waals surface area contributed by atoms with E-state index in [9.17, 15) is 18.0 Å². The van der Waals surface area contributed by atoms with Crippen molar-refractivity contribution in [1.82, 2.24) is 0 Å². The molecule has 0 amide bonds. The predicted molar refractivity (Wildman–Crippen MR) is 80.0 cm³/mol. The SMILES string of the molecule is C=C(C)c1cc2c(cc1I)C=C(C(=O)O)[C@@H](C(F)(F)F)O2. The minimum atomic E-state index is -4.80. The Bertz CT molecular complexity index is 662. The Morgan fingerprint density at radius 1 is 1.43 bits per heavy atom. The Labute approximate surface area is 132 Å². The molecule has 0 fully saturated rings. The highest BCUT2D eigenvalue weighted by Crippen LogP contribution is 2.39. The van der Waals surface area contributed by atoms with Crippen molar-refractivity contribution >= 4 is 40.2 Å². The van der Waals surface area contributed by atoms with Gasteiger partial charge in [0.25, 0.3) is 0 Å². The van der Waals surface area contributed by atoms with Gasteiger partial charge in [0.15, 0.2) is 0 Å². The summed E-state index contributed by atoms with van der Waals surface area (Å²) in [5, 5.41) is 8.95. The summed E-state index contributed by atoms with van der Waals surface area (Å²) in [6.45, 7) is 5.48. The average Bonchev–Trinajstić information content (AvgIpc) is 2.34. The standard InChI is InChI=1S/C14H10F3IO3/c1-6(2)8-5-11-7(4-10(8)18)3-9(13(19)20)12(21-11)14(15,16)17/h3-5,12H,1H2,2H3,(H,19,20)/t12-/m0/s1. The molecule has 0 radical (unpaired) electrons. The fourth-order valence-corrected chi connectivity index (χ4v) is 2.91. The van der Waals surface area contributed by atoms with Crippen molar-refractivity contribution in [3.63, 3.8) is 0 Å². The summed E-state index contributed by atoms with van der Waals surface area (Å²) in [5.74, 6) is -1.65. The number of hydrogen-bond acceptors (Lipinski definition) is 2. The Balaban J connectivity index is 2.61. The summed E-state index contributed by atoms with van der Waals surface area (Å²) in [6.07, 6.45) is -6.27. The van der Waals surface area contributed by atoms with Crippen molar-refractivity contribution in [3.8, 4) is 5.75 Å². The lowest BCUT2D eigenvalue weighted by atomic mass is 9.98. The van der Waals surface area contributed by atoms with E-state index < -0.39 is 23.8 Å². The molecule has 1 aromatic carbocycles. The molecule has 112 valence electrons. The number of carboxylic acids is 1. The zero-order chi connectivity index (χ0) is 15.9. The molecule has 7 heteroatoms. The number of halogens is 4. The van der Waals surface area contributed by atoms with E-state index in [0.717, 1.165) is 9.65 Å². The number of rotatable bonds is 2. The summed E-state index contributed by atoms with van der Waals surface area (Å²) in [5.41, 5.74) is 0.834. The minimum absolute atomic E-state index is 0.000686. The highest BCUT2D eigenvalue weighted by atomic mass is 127. The van der Waals surface area contributed by atoms with Gasteiger partial charge in [-0.1, -0.05) is 6.58 Å². The van der Waals surface area contributed by atoms with E-state index in [1.54, 1.807) is 13.0 Å². The van der Waals surface area contributed by atoms with E-state index in [-0.39, 0.29) is 5.75 Å². The third kappa shape index (κ3) is 3.07. The number of aliphatic carboxylic acids is 1. The van der Waals surface area contributed by atoms with Gasteiger partial charge in [-0.3, -0.25) is 0 Å². The summed E-state index contributed by atoms with van der Waals surface area (Å²) >= 11 is 2.01. The van der Waals surface area contributed by atoms with Gasteiger partial charge in [0.2, 0.25) is 6.10 Å². The highest BCUT2D eigenvalue weighted by molar-refractivity contribution is 14.1. The molecule has 21 heavy (non-hydrogen) atoms. The quantitative estimate of drug-likeness (QED) is 0.747. The van der Waals surface area contributed by atoms with Gasteiger partial charge in [0, 0.05) is 9.13 Å². The van der Waals surface area contributed by atoms with E-state index in [4.69, 9.17) is 9.84 Å². The Morgan fingerprint density at radius 3 is 2.52 bits per heavy atom. The molecule has 2 rings (SSSR count). The normalized spacial score (nSPS) is 17.6. The third-order valence-electron chi connectivity index (χ3n) is 2.94. The number of hydrogen-bond donors (Lipinski definition) is 1. The van der Waals surface area contributed by atoms with Crippen molar-refractivity contribution < 1.29 is 27.8 Å². The van der Waals surface area contributed by atoms with E-state index in [1.807, 2.05) is 22.6 Å². The Kier molecular flexibility index (Phi) is 4.05. The van der Waals surface area contributed by atoms with Gasteiger partial charge in [-0.05, 0) is 58.9 Å². The largest absolute Gasteiger partial charge is 0.478 e. The van der Waals surface area contributed by atoms with Crippen LogP contribution >= 0.6 is 22.6 Å². The van der Waals surface area contributed by atoms with Gasteiger partial charge in [0.05, 0.1) is 5.57 Å². The summed E-state index contributed by atoms with van der Waals surface area (Å²) < 4.78 is 44.5. The molecule has 1 aliphatic heterocycles. The summed E-state index contributed by atoms with van der Waals surface area (Å²) in [6, 6.07) is 3.03. The predicted octanol–water partition coefficient (Wildman–Crippen LogP) is 4.12. The van der Waals surface area contributed by atoms with Crippen LogP contribution < -0.4 is 4.74 Å². The molecule has 0 saturated carbocycles. The lowest BCUT2D eigenvalue weighted by molar-refractivity contribution is -0.187.